The highest BCUT2D eigenvalue weighted by molar-refractivity contribution is 9.10. The minimum Gasteiger partial charge on any atom is -0.398 e. The number of nitrogens with two attached hydrogens (primary N) is 1. The molecule has 1 aromatic carbocycles. The third-order valence-electron chi connectivity index (χ3n) is 2.64. The van der Waals surface area contributed by atoms with E-state index >= 15 is 0 Å². The van der Waals surface area contributed by atoms with Gasteiger partial charge in [0.05, 0.1) is 5.56 Å². The average molecular weight is 306 g/mol. The summed E-state index contributed by atoms with van der Waals surface area (Å²) >= 11 is 3.32. The summed E-state index contributed by atoms with van der Waals surface area (Å²) in [6.07, 6.45) is 2.20. The van der Waals surface area contributed by atoms with Crippen molar-refractivity contribution in [2.24, 2.45) is 0 Å². The lowest BCUT2D eigenvalue weighted by Gasteiger charge is -2.16. The van der Waals surface area contributed by atoms with Gasteiger partial charge >= 0.3 is 0 Å². The van der Waals surface area contributed by atoms with Gasteiger partial charge < -0.3 is 10.6 Å². The van der Waals surface area contributed by atoms with E-state index in [0.717, 1.165) is 30.4 Å². The van der Waals surface area contributed by atoms with Crippen LogP contribution in [0.4, 0.5) is 5.69 Å². The first kappa shape index (κ1) is 13.3. The molecule has 0 spiro atoms. The number of halogens is 2. The monoisotopic (exact) mass is 304 g/mol. The smallest absolute Gasteiger partial charge is 0.255 e. The molecule has 5 heteroatoms. The van der Waals surface area contributed by atoms with E-state index in [9.17, 15) is 4.79 Å². The van der Waals surface area contributed by atoms with Gasteiger partial charge in [0.1, 0.15) is 0 Å². The summed E-state index contributed by atoms with van der Waals surface area (Å²) in [5, 5.41) is 0. The second kappa shape index (κ2) is 5.55. The zero-order valence-electron chi connectivity index (χ0n) is 8.78. The number of anilines is 1. The van der Waals surface area contributed by atoms with Gasteiger partial charge in [-0.3, -0.25) is 4.79 Å². The topological polar surface area (TPSA) is 46.3 Å². The Hall–Kier alpha value is -0.740. The van der Waals surface area contributed by atoms with E-state index < -0.39 is 0 Å². The summed E-state index contributed by atoms with van der Waals surface area (Å²) in [5.74, 6) is 0.0532. The van der Waals surface area contributed by atoms with Gasteiger partial charge in [-0.25, -0.2) is 0 Å². The minimum absolute atomic E-state index is 0. The van der Waals surface area contributed by atoms with Crippen molar-refractivity contribution < 1.29 is 4.79 Å². The normalized spacial score (nSPS) is 14.7. The molecule has 2 N–H and O–H groups in total. The molecule has 0 atom stereocenters. The van der Waals surface area contributed by atoms with Gasteiger partial charge in [0.25, 0.3) is 5.91 Å². The molecular formula is C11H14BrClN2O. The van der Waals surface area contributed by atoms with Gasteiger partial charge in [-0.2, -0.15) is 0 Å². The molecule has 0 unspecified atom stereocenters. The van der Waals surface area contributed by atoms with E-state index in [1.165, 1.54) is 0 Å². The van der Waals surface area contributed by atoms with Crippen LogP contribution in [0, 0.1) is 0 Å². The number of carbonyl (C=O) groups excluding carboxylic acids is 1. The predicted octanol–water partition coefficient (Wildman–Crippen LogP) is 2.69. The standard InChI is InChI=1S/C11H13BrN2O.ClH/c12-8-3-4-9(10(13)7-8)11(15)14-5-1-2-6-14;/h3-4,7H,1-2,5-6,13H2;1H. The number of rotatable bonds is 1. The molecule has 0 aliphatic carbocycles. The molecule has 1 amide bonds. The number of amides is 1. The van der Waals surface area contributed by atoms with Crippen molar-refractivity contribution >= 4 is 39.9 Å². The van der Waals surface area contributed by atoms with Crippen molar-refractivity contribution in [1.82, 2.24) is 4.90 Å². The summed E-state index contributed by atoms with van der Waals surface area (Å²) in [5.41, 5.74) is 6.97. The third kappa shape index (κ3) is 2.68. The molecule has 0 saturated carbocycles. The highest BCUT2D eigenvalue weighted by Gasteiger charge is 2.20. The molecule has 1 heterocycles. The molecule has 88 valence electrons. The largest absolute Gasteiger partial charge is 0.398 e. The Balaban J connectivity index is 0.00000128. The van der Waals surface area contributed by atoms with Gasteiger partial charge in [0.2, 0.25) is 0 Å². The van der Waals surface area contributed by atoms with E-state index in [0.29, 0.717) is 11.3 Å². The van der Waals surface area contributed by atoms with Gasteiger partial charge in [-0.05, 0) is 31.0 Å². The Morgan fingerprint density at radius 1 is 1.31 bits per heavy atom. The fourth-order valence-electron chi connectivity index (χ4n) is 1.82. The van der Waals surface area contributed by atoms with Crippen LogP contribution >= 0.6 is 28.3 Å². The molecule has 1 aliphatic heterocycles. The number of nitrogens with zero attached hydrogens (tertiary/aromatic N) is 1. The molecule has 3 nitrogen and oxygen atoms in total. The van der Waals surface area contributed by atoms with E-state index in [1.54, 1.807) is 12.1 Å². The number of hydrogen-bond donors (Lipinski definition) is 1. The number of nitrogen functional groups attached to an aromatic ring is 1. The van der Waals surface area contributed by atoms with Crippen molar-refractivity contribution in [1.29, 1.82) is 0 Å². The Morgan fingerprint density at radius 3 is 2.50 bits per heavy atom. The highest BCUT2D eigenvalue weighted by atomic mass is 79.9. The first-order chi connectivity index (χ1) is 7.18. The lowest BCUT2D eigenvalue weighted by molar-refractivity contribution is 0.0794. The van der Waals surface area contributed by atoms with Gasteiger partial charge in [0.15, 0.2) is 0 Å². The summed E-state index contributed by atoms with van der Waals surface area (Å²) in [6.45, 7) is 1.71. The van der Waals surface area contributed by atoms with E-state index in [2.05, 4.69) is 15.9 Å². The predicted molar refractivity (Wildman–Crippen MR) is 70.9 cm³/mol. The zero-order chi connectivity index (χ0) is 10.8. The van der Waals surface area contributed by atoms with Crippen molar-refractivity contribution in [3.05, 3.63) is 28.2 Å². The summed E-state index contributed by atoms with van der Waals surface area (Å²) in [6, 6.07) is 5.39. The molecule has 16 heavy (non-hydrogen) atoms. The van der Waals surface area contributed by atoms with E-state index in [-0.39, 0.29) is 18.3 Å². The van der Waals surface area contributed by atoms with Crippen LogP contribution in [-0.4, -0.2) is 23.9 Å². The van der Waals surface area contributed by atoms with Crippen molar-refractivity contribution in [2.75, 3.05) is 18.8 Å². The van der Waals surface area contributed by atoms with Gasteiger partial charge in [0, 0.05) is 23.2 Å². The molecule has 1 saturated heterocycles. The second-order valence-corrected chi connectivity index (χ2v) is 4.65. The molecule has 0 bridgehead atoms. The van der Waals surface area contributed by atoms with Crippen LogP contribution in [0.2, 0.25) is 0 Å². The van der Waals surface area contributed by atoms with Crippen LogP contribution < -0.4 is 5.73 Å². The van der Waals surface area contributed by atoms with Crippen LogP contribution in [0.15, 0.2) is 22.7 Å². The maximum Gasteiger partial charge on any atom is 0.255 e. The minimum atomic E-state index is 0. The SMILES string of the molecule is Cl.Nc1cc(Br)ccc1C(=O)N1CCCC1. The van der Waals surface area contributed by atoms with Crippen molar-refractivity contribution in [3.63, 3.8) is 0 Å². The summed E-state index contributed by atoms with van der Waals surface area (Å²) in [7, 11) is 0. The fourth-order valence-corrected chi connectivity index (χ4v) is 2.20. The van der Waals surface area contributed by atoms with Gasteiger partial charge in [-0.1, -0.05) is 15.9 Å². The molecule has 0 aromatic heterocycles. The molecule has 2 rings (SSSR count). The van der Waals surface area contributed by atoms with E-state index in [1.807, 2.05) is 11.0 Å². The number of carbonyl (C=O) groups is 1. The Morgan fingerprint density at radius 2 is 1.94 bits per heavy atom. The second-order valence-electron chi connectivity index (χ2n) is 3.73. The average Bonchev–Trinajstić information content (AvgIpc) is 2.69. The van der Waals surface area contributed by atoms with Crippen LogP contribution in [0.1, 0.15) is 23.2 Å². The highest BCUT2D eigenvalue weighted by Crippen LogP contribution is 2.21. The summed E-state index contributed by atoms with van der Waals surface area (Å²) in [4.78, 5) is 13.9. The van der Waals surface area contributed by atoms with Crippen LogP contribution in [-0.2, 0) is 0 Å². The van der Waals surface area contributed by atoms with Crippen LogP contribution in [0.5, 0.6) is 0 Å². The molecule has 1 aliphatic rings. The van der Waals surface area contributed by atoms with Crippen LogP contribution in [0.3, 0.4) is 0 Å². The van der Waals surface area contributed by atoms with Crippen molar-refractivity contribution in [3.8, 4) is 0 Å². The number of likely N-dealkylation sites (tertiary alicyclic amines) is 1. The number of hydrogen-bond acceptors (Lipinski definition) is 2. The lowest BCUT2D eigenvalue weighted by Crippen LogP contribution is -2.28. The maximum absolute atomic E-state index is 12.0. The van der Waals surface area contributed by atoms with Gasteiger partial charge in [-0.15, -0.1) is 12.4 Å². The lowest BCUT2D eigenvalue weighted by atomic mass is 10.1. The third-order valence-corrected chi connectivity index (χ3v) is 3.13. The first-order valence-corrected chi connectivity index (χ1v) is 5.82. The maximum atomic E-state index is 12.0. The number of benzene rings is 1. The first-order valence-electron chi connectivity index (χ1n) is 5.03. The molecule has 1 aromatic rings. The fraction of sp³-hybridized carbons (Fsp3) is 0.364. The van der Waals surface area contributed by atoms with E-state index in [4.69, 9.17) is 5.73 Å². The Kier molecular flexibility index (Phi) is 4.62. The molecule has 1 fully saturated rings. The quantitative estimate of drug-likeness (QED) is 0.811. The molecular weight excluding hydrogens is 291 g/mol. The van der Waals surface area contributed by atoms with Crippen molar-refractivity contribution in [2.45, 2.75) is 12.8 Å². The zero-order valence-corrected chi connectivity index (χ0v) is 11.2. The van der Waals surface area contributed by atoms with Crippen LogP contribution in [0.25, 0.3) is 0 Å². The Bertz CT molecular complexity index is 392. The molecule has 0 radical (unpaired) electrons. The summed E-state index contributed by atoms with van der Waals surface area (Å²) < 4.78 is 0.901. The Labute approximate surface area is 110 Å².